The van der Waals surface area contributed by atoms with Crippen molar-refractivity contribution in [3.63, 3.8) is 0 Å². The minimum Gasteiger partial charge on any atom is -0.465 e. The smallest absolute Gasteiger partial charge is 0.407 e. The van der Waals surface area contributed by atoms with E-state index in [4.69, 9.17) is 9.84 Å². The molecule has 1 amide bonds. The maximum atomic E-state index is 13.3. The molecular weight excluding hydrogens is 395 g/mol. The molecule has 158 valence electrons. The van der Waals surface area contributed by atoms with Gasteiger partial charge in [0, 0.05) is 44.1 Å². The van der Waals surface area contributed by atoms with E-state index in [9.17, 15) is 18.8 Å². The van der Waals surface area contributed by atoms with Gasteiger partial charge in [-0.05, 0) is 37.3 Å². The second-order valence-electron chi connectivity index (χ2n) is 6.48. The molecule has 0 spiro atoms. The van der Waals surface area contributed by atoms with E-state index in [1.54, 1.807) is 11.8 Å². The molecule has 1 aliphatic heterocycles. The molecule has 1 aliphatic rings. The fraction of sp³-hybridized carbons (Fsp3) is 0.300. The predicted molar refractivity (Wildman–Crippen MR) is 107 cm³/mol. The Hall–Kier alpha value is -3.69. The van der Waals surface area contributed by atoms with Crippen LogP contribution in [-0.4, -0.2) is 64.4 Å². The van der Waals surface area contributed by atoms with Gasteiger partial charge < -0.3 is 19.6 Å². The summed E-state index contributed by atoms with van der Waals surface area (Å²) < 4.78 is 19.5. The van der Waals surface area contributed by atoms with Crippen molar-refractivity contribution < 1.29 is 23.8 Å². The van der Waals surface area contributed by atoms with Crippen LogP contribution in [0.15, 0.2) is 41.3 Å². The van der Waals surface area contributed by atoms with E-state index in [-0.39, 0.29) is 25.5 Å². The van der Waals surface area contributed by atoms with Gasteiger partial charge in [-0.3, -0.25) is 9.36 Å². The van der Waals surface area contributed by atoms with Crippen molar-refractivity contribution in [2.75, 3.05) is 37.7 Å². The van der Waals surface area contributed by atoms with Crippen molar-refractivity contribution in [2.45, 2.75) is 6.92 Å². The first-order chi connectivity index (χ1) is 14.4. The molecule has 0 radical (unpaired) electrons. The summed E-state index contributed by atoms with van der Waals surface area (Å²) in [5.41, 5.74) is 0.321. The highest BCUT2D eigenvalue weighted by molar-refractivity contribution is 5.86. The molecule has 1 N–H and O–H groups in total. The van der Waals surface area contributed by atoms with Crippen molar-refractivity contribution in [3.8, 4) is 5.69 Å². The Morgan fingerprint density at radius 3 is 2.47 bits per heavy atom. The number of ether oxygens (including phenoxy) is 1. The third kappa shape index (κ3) is 4.83. The van der Waals surface area contributed by atoms with Gasteiger partial charge in [-0.25, -0.2) is 19.0 Å². The van der Waals surface area contributed by atoms with Crippen LogP contribution in [0.25, 0.3) is 11.8 Å². The molecule has 10 heteroatoms. The maximum absolute atomic E-state index is 13.3. The van der Waals surface area contributed by atoms with Crippen LogP contribution in [0.1, 0.15) is 12.6 Å². The lowest BCUT2D eigenvalue weighted by Crippen LogP contribution is -2.50. The highest BCUT2D eigenvalue weighted by Gasteiger charge is 2.24. The van der Waals surface area contributed by atoms with Crippen LogP contribution in [0.4, 0.5) is 15.0 Å². The van der Waals surface area contributed by atoms with Crippen molar-refractivity contribution in [1.29, 1.82) is 0 Å². The van der Waals surface area contributed by atoms with Crippen molar-refractivity contribution in [2.24, 2.45) is 0 Å². The number of piperazine rings is 1. The number of aromatic nitrogens is 2. The number of amides is 1. The maximum Gasteiger partial charge on any atom is 0.407 e. The number of anilines is 1. The Kier molecular flexibility index (Phi) is 6.45. The zero-order valence-corrected chi connectivity index (χ0v) is 16.3. The number of carbonyl (C=O) groups excluding carboxylic acids is 1. The monoisotopic (exact) mass is 416 g/mol. The SMILES string of the molecule is CCOC(=O)/C=C/c1cn(-c2ccc(F)cc2)c(=O)c(N2CCN(C(=O)O)CC2)n1. The minimum atomic E-state index is -1.02. The number of hydrogen-bond acceptors (Lipinski definition) is 6. The van der Waals surface area contributed by atoms with E-state index in [0.29, 0.717) is 24.5 Å². The van der Waals surface area contributed by atoms with Gasteiger partial charge >= 0.3 is 12.1 Å². The molecule has 0 unspecified atom stereocenters. The summed E-state index contributed by atoms with van der Waals surface area (Å²) in [5.74, 6) is -0.862. The lowest BCUT2D eigenvalue weighted by molar-refractivity contribution is -0.137. The quantitative estimate of drug-likeness (QED) is 0.585. The van der Waals surface area contributed by atoms with Crippen LogP contribution in [-0.2, 0) is 9.53 Å². The predicted octanol–water partition coefficient (Wildman–Crippen LogP) is 1.75. The van der Waals surface area contributed by atoms with E-state index in [1.807, 2.05) is 0 Å². The Balaban J connectivity index is 2.00. The largest absolute Gasteiger partial charge is 0.465 e. The van der Waals surface area contributed by atoms with Crippen LogP contribution in [0.3, 0.4) is 0 Å². The molecule has 2 heterocycles. The summed E-state index contributed by atoms with van der Waals surface area (Å²) in [7, 11) is 0. The highest BCUT2D eigenvalue weighted by Crippen LogP contribution is 2.15. The molecule has 0 bridgehead atoms. The van der Waals surface area contributed by atoms with Gasteiger partial charge in [0.05, 0.1) is 12.3 Å². The zero-order valence-electron chi connectivity index (χ0n) is 16.3. The second kappa shape index (κ2) is 9.21. The fourth-order valence-corrected chi connectivity index (χ4v) is 3.03. The molecule has 1 aromatic carbocycles. The molecule has 0 saturated carbocycles. The van der Waals surface area contributed by atoms with Crippen LogP contribution in [0.5, 0.6) is 0 Å². The van der Waals surface area contributed by atoms with Gasteiger partial charge in [0.2, 0.25) is 0 Å². The lowest BCUT2D eigenvalue weighted by atomic mass is 10.2. The normalized spacial score (nSPS) is 14.2. The topological polar surface area (TPSA) is 105 Å². The molecular formula is C20H21FN4O5. The fourth-order valence-electron chi connectivity index (χ4n) is 3.03. The zero-order chi connectivity index (χ0) is 21.7. The van der Waals surface area contributed by atoms with Gasteiger partial charge in [0.25, 0.3) is 5.56 Å². The van der Waals surface area contributed by atoms with Gasteiger partial charge in [-0.2, -0.15) is 0 Å². The number of carbonyl (C=O) groups is 2. The molecule has 1 aromatic heterocycles. The number of benzene rings is 1. The van der Waals surface area contributed by atoms with E-state index in [2.05, 4.69) is 4.98 Å². The van der Waals surface area contributed by atoms with E-state index >= 15 is 0 Å². The summed E-state index contributed by atoms with van der Waals surface area (Å²) in [6.07, 6.45) is 3.06. The lowest BCUT2D eigenvalue weighted by Gasteiger charge is -2.33. The first-order valence-electron chi connectivity index (χ1n) is 9.36. The number of carboxylic acid groups (broad SMARTS) is 1. The van der Waals surface area contributed by atoms with E-state index < -0.39 is 23.4 Å². The average Bonchev–Trinajstić information content (AvgIpc) is 2.74. The number of halogens is 1. The first kappa shape index (κ1) is 21.0. The highest BCUT2D eigenvalue weighted by atomic mass is 19.1. The number of rotatable bonds is 5. The third-order valence-electron chi connectivity index (χ3n) is 4.54. The number of esters is 1. The minimum absolute atomic E-state index is 0.121. The molecule has 0 aliphatic carbocycles. The summed E-state index contributed by atoms with van der Waals surface area (Å²) in [5, 5.41) is 9.12. The third-order valence-corrected chi connectivity index (χ3v) is 4.54. The van der Waals surface area contributed by atoms with Gasteiger partial charge in [0.15, 0.2) is 5.82 Å². The van der Waals surface area contributed by atoms with Crippen molar-refractivity contribution in [1.82, 2.24) is 14.5 Å². The van der Waals surface area contributed by atoms with Crippen LogP contribution >= 0.6 is 0 Å². The first-order valence-corrected chi connectivity index (χ1v) is 9.36. The van der Waals surface area contributed by atoms with E-state index in [0.717, 1.165) is 0 Å². The second-order valence-corrected chi connectivity index (χ2v) is 6.48. The van der Waals surface area contributed by atoms with Gasteiger partial charge in [-0.1, -0.05) is 0 Å². The summed E-state index contributed by atoms with van der Waals surface area (Å²) in [6.45, 7) is 2.97. The Labute approximate surface area is 171 Å². The van der Waals surface area contributed by atoms with Crippen LogP contribution in [0, 0.1) is 5.82 Å². The molecule has 2 aromatic rings. The van der Waals surface area contributed by atoms with Gasteiger partial charge in [0.1, 0.15) is 5.82 Å². The number of hydrogen-bond donors (Lipinski definition) is 1. The van der Waals surface area contributed by atoms with Crippen LogP contribution < -0.4 is 10.5 Å². The Bertz CT molecular complexity index is 1010. The standard InChI is InChI=1S/C20H21FN4O5/c1-2-30-17(26)8-5-15-13-25(16-6-3-14(21)4-7-16)19(27)18(22-15)23-9-11-24(12-10-23)20(28)29/h3-8,13H,2,9-12H2,1H3,(H,28,29)/b8-5+. The summed E-state index contributed by atoms with van der Waals surface area (Å²) in [6, 6.07) is 5.40. The van der Waals surface area contributed by atoms with Crippen molar-refractivity contribution >= 4 is 24.0 Å². The van der Waals surface area contributed by atoms with Gasteiger partial charge in [-0.15, -0.1) is 0 Å². The van der Waals surface area contributed by atoms with E-state index in [1.165, 1.54) is 52.1 Å². The average molecular weight is 416 g/mol. The van der Waals surface area contributed by atoms with Crippen molar-refractivity contribution in [3.05, 3.63) is 58.4 Å². The molecule has 3 rings (SSSR count). The molecule has 1 saturated heterocycles. The molecule has 9 nitrogen and oxygen atoms in total. The molecule has 1 fully saturated rings. The Morgan fingerprint density at radius 2 is 1.87 bits per heavy atom. The summed E-state index contributed by atoms with van der Waals surface area (Å²) in [4.78, 5) is 43.2. The summed E-state index contributed by atoms with van der Waals surface area (Å²) >= 11 is 0. The molecule has 30 heavy (non-hydrogen) atoms. The molecule has 0 atom stereocenters. The Morgan fingerprint density at radius 1 is 1.20 bits per heavy atom. The van der Waals surface area contributed by atoms with Crippen LogP contribution in [0.2, 0.25) is 0 Å². The number of nitrogens with zero attached hydrogens (tertiary/aromatic N) is 4.